The fourth-order valence-electron chi connectivity index (χ4n) is 15.6. The van der Waals surface area contributed by atoms with Crippen molar-refractivity contribution in [1.29, 1.82) is 0 Å². The van der Waals surface area contributed by atoms with Crippen LogP contribution in [0.4, 0.5) is 22.7 Å². The van der Waals surface area contributed by atoms with Gasteiger partial charge in [-0.15, -0.1) is 0 Å². The van der Waals surface area contributed by atoms with Crippen LogP contribution in [0.1, 0.15) is 83.2 Å². The fraction of sp³-hybridized carbons (Fsp3) is 0.266. The molecule has 0 aliphatic carbocycles. The van der Waals surface area contributed by atoms with Crippen molar-refractivity contribution in [3.05, 3.63) is 245 Å². The summed E-state index contributed by atoms with van der Waals surface area (Å²) in [7, 11) is -27.5. The first-order chi connectivity index (χ1) is 52.1. The maximum absolute atomic E-state index is 11.7. The van der Waals surface area contributed by atoms with Crippen molar-refractivity contribution in [1.82, 2.24) is 0 Å². The Balaban J connectivity index is 0.000000222. The van der Waals surface area contributed by atoms with Gasteiger partial charge in [-0.1, -0.05) is 136 Å². The fourth-order valence-corrected chi connectivity index (χ4v) is 18.8. The van der Waals surface area contributed by atoms with Gasteiger partial charge in [0.05, 0.1) is 75.9 Å². The summed E-state index contributed by atoms with van der Waals surface area (Å²) in [5.41, 5.74) is 7.66. The monoisotopic (exact) mass is 1680 g/mol. The minimum atomic E-state index is -4.71. The number of benzene rings is 8. The number of rotatable bonds is 25. The Kier molecular flexibility index (Phi) is 24.0. The number of anilines is 2. The number of hydrogen-bond acceptors (Lipinski definition) is 24. The molecular weight excluding hydrogens is 1600 g/mol. The third-order valence-electron chi connectivity index (χ3n) is 20.4. The van der Waals surface area contributed by atoms with Crippen LogP contribution in [-0.4, -0.2) is 148 Å². The molecular formula is C79H76ClN4O21S7-5. The van der Waals surface area contributed by atoms with Gasteiger partial charge in [0.2, 0.25) is 11.4 Å². The molecule has 4 aliphatic heterocycles. The molecule has 0 fully saturated rings. The quantitative estimate of drug-likeness (QED) is 0.0128. The third-order valence-corrected chi connectivity index (χ3v) is 25.6. The van der Waals surface area contributed by atoms with Crippen LogP contribution in [0.15, 0.2) is 231 Å². The van der Waals surface area contributed by atoms with E-state index in [0.29, 0.717) is 54.9 Å². The maximum Gasteiger partial charge on any atom is 0.210 e. The van der Waals surface area contributed by atoms with E-state index in [-0.39, 0.29) is 41.0 Å². The zero-order valence-electron chi connectivity index (χ0n) is 61.8. The molecule has 4 heterocycles. The molecule has 0 aromatic heterocycles. The summed E-state index contributed by atoms with van der Waals surface area (Å²) in [5, 5.41) is 20.3. The Morgan fingerprint density at radius 1 is 0.446 bits per heavy atom. The van der Waals surface area contributed by atoms with Gasteiger partial charge >= 0.3 is 0 Å². The lowest BCUT2D eigenvalue weighted by molar-refractivity contribution is -0.777. The van der Waals surface area contributed by atoms with E-state index in [0.717, 1.165) is 78.5 Å². The average molecular weight is 1680 g/mol. The summed E-state index contributed by atoms with van der Waals surface area (Å²) < 4.78 is 219. The topological polar surface area (TPSA) is 397 Å². The number of allylic oxidation sites excluding steroid dienone is 16. The van der Waals surface area contributed by atoms with Gasteiger partial charge in [-0.05, 0) is 174 Å². The van der Waals surface area contributed by atoms with Crippen LogP contribution in [-0.2, 0) is 91.7 Å². The SMILES string of the molecule is CC1(C)C(=CC=CC(Cl)=CC=CC2=[N+](CCS(=O)(=O)[O-])c3ccc4cc(S(=O)(=O)[O-])ccc4c3C2(C)C)N(CCS(=O)(=O)[O-])c2ccc3cc(SOO[O-])ccc3c21.Cc1ccc2c3c(ccc2c1)[N+](CCS(=O)(=O)[O-])=C(/C=C/C=C/C=C/C=C1/N(CCS(=O)(=O)[O-])c2ccc4cc(S(=O)(=O)[O-])ccc4c2C1(C)C)C3(C)C. The second kappa shape index (κ2) is 31.8. The van der Waals surface area contributed by atoms with Crippen molar-refractivity contribution in [2.24, 2.45) is 0 Å². The number of fused-ring (bicyclic) bond motifs is 12. The number of hydrogen-bond donors (Lipinski definition) is 0. The van der Waals surface area contributed by atoms with Crippen LogP contribution in [0.25, 0.3) is 43.1 Å². The highest BCUT2D eigenvalue weighted by atomic mass is 35.5. The van der Waals surface area contributed by atoms with Crippen molar-refractivity contribution in [2.75, 3.05) is 59.0 Å². The molecule has 0 bridgehead atoms. The second-order valence-corrected chi connectivity index (χ2v) is 39.3. The molecule has 0 saturated carbocycles. The minimum absolute atomic E-state index is 0.00695. The van der Waals surface area contributed by atoms with Crippen LogP contribution in [0.5, 0.6) is 0 Å². The number of aryl methyl sites for hydroxylation is 1. The Labute approximate surface area is 660 Å². The molecule has 0 radical (unpaired) electrons. The lowest BCUT2D eigenvalue weighted by atomic mass is 9.79. The third kappa shape index (κ3) is 18.2. The predicted molar refractivity (Wildman–Crippen MR) is 425 cm³/mol. The molecule has 112 heavy (non-hydrogen) atoms. The standard InChI is InChI=1S/C40H42N2O9S3.C39H39ClN2O12S4/c1-27-13-17-31-28(25-27)14-19-33-37(31)39(2,3)35(41(33)21-23-52(43,44)45)11-9-7-6-8-10-12-36-40(4,5)38-32-18-16-30(54(49,50)51)26-29(32)15-20-34(38)42(36)22-24-53(46,47)48;1-38(2)34(41(19-21-56(44,45)46)32-17-11-25-23-28(55-54-53-43)13-15-30(25)36(32)38)9-5-7-27(40)8-6-10-35-39(3,4)37-31-16-14-29(58(50,51)52)24-26(31)12-18-33(37)42(35)20-22-57(47,48)49/h6-20,25-26H,21-24H2,1-5H3,(H2-,43,44,45,46,47,48,49,50,51);5-18,23-24H,19-22H2,1-4H3,(H3-,43,44,45,46,47,48,49,50,51,52)/p-5. The second-order valence-electron chi connectivity index (χ2n) is 29.3. The highest BCUT2D eigenvalue weighted by molar-refractivity contribution is 7.94. The van der Waals surface area contributed by atoms with E-state index in [1.54, 1.807) is 112 Å². The molecule has 592 valence electrons. The molecule has 0 N–H and O–H groups in total. The molecule has 8 aromatic carbocycles. The Morgan fingerprint density at radius 3 is 1.29 bits per heavy atom. The highest BCUT2D eigenvalue weighted by Gasteiger charge is 2.48. The summed E-state index contributed by atoms with van der Waals surface area (Å²) in [6.45, 7) is 17.5. The largest absolute Gasteiger partial charge is 0.748 e. The molecule has 0 unspecified atom stereocenters. The Morgan fingerprint density at radius 2 is 0.839 bits per heavy atom. The summed E-state index contributed by atoms with van der Waals surface area (Å²) in [5.74, 6) is -2.49. The molecule has 0 atom stereocenters. The summed E-state index contributed by atoms with van der Waals surface area (Å²) in [6, 6.07) is 34.2. The first-order valence-electron chi connectivity index (χ1n) is 34.7. The van der Waals surface area contributed by atoms with Gasteiger partial charge in [-0.3, -0.25) is 5.04 Å². The van der Waals surface area contributed by atoms with E-state index in [9.17, 15) is 83.1 Å². The molecule has 12 rings (SSSR count). The van der Waals surface area contributed by atoms with E-state index in [1.807, 2.05) is 120 Å². The van der Waals surface area contributed by atoms with Crippen molar-refractivity contribution < 1.29 is 102 Å². The molecule has 33 heteroatoms. The van der Waals surface area contributed by atoms with Gasteiger partial charge in [-0.25, -0.2) is 50.5 Å². The first-order valence-corrected chi connectivity index (χ1v) is 44.9. The van der Waals surface area contributed by atoms with E-state index < -0.39 is 105 Å². The molecule has 0 amide bonds. The maximum atomic E-state index is 11.7. The van der Waals surface area contributed by atoms with Gasteiger partial charge in [0.1, 0.15) is 40.5 Å². The van der Waals surface area contributed by atoms with Gasteiger partial charge in [-0.2, -0.15) is 13.5 Å². The van der Waals surface area contributed by atoms with Crippen LogP contribution in [0, 0.1) is 6.92 Å². The lowest BCUT2D eigenvalue weighted by Crippen LogP contribution is -2.30. The van der Waals surface area contributed by atoms with Gasteiger partial charge < -0.3 is 42.4 Å². The van der Waals surface area contributed by atoms with Crippen LogP contribution in [0.2, 0.25) is 0 Å². The summed E-state index contributed by atoms with van der Waals surface area (Å²) >= 11 is 7.40. The van der Waals surface area contributed by atoms with Gasteiger partial charge in [0.15, 0.2) is 24.5 Å². The van der Waals surface area contributed by atoms with Crippen LogP contribution < -0.4 is 15.1 Å². The predicted octanol–water partition coefficient (Wildman–Crippen LogP) is 11.5. The normalized spacial score (nSPS) is 17.9. The van der Waals surface area contributed by atoms with Crippen molar-refractivity contribution in [3.8, 4) is 0 Å². The molecule has 0 spiro atoms. The van der Waals surface area contributed by atoms with E-state index >= 15 is 0 Å². The van der Waals surface area contributed by atoms with Crippen molar-refractivity contribution in [2.45, 2.75) is 98.7 Å². The minimum Gasteiger partial charge on any atom is -0.748 e. The highest BCUT2D eigenvalue weighted by Crippen LogP contribution is 2.54. The number of halogens is 1. The number of nitrogens with zero attached hydrogens (tertiary/aromatic N) is 4. The van der Waals surface area contributed by atoms with Crippen molar-refractivity contribution >= 4 is 162 Å². The van der Waals surface area contributed by atoms with Crippen molar-refractivity contribution in [3.63, 3.8) is 0 Å². The smallest absolute Gasteiger partial charge is 0.210 e. The van der Waals surface area contributed by atoms with E-state index in [2.05, 4.69) is 35.4 Å². The molecule has 4 aliphatic rings. The van der Waals surface area contributed by atoms with E-state index in [4.69, 9.17) is 11.6 Å². The first kappa shape index (κ1) is 84.5. The van der Waals surface area contributed by atoms with Crippen LogP contribution >= 0.6 is 23.6 Å². The van der Waals surface area contributed by atoms with Crippen LogP contribution in [0.3, 0.4) is 0 Å². The van der Waals surface area contributed by atoms with Gasteiger partial charge in [0, 0.05) is 92.0 Å². The van der Waals surface area contributed by atoms with E-state index in [1.165, 1.54) is 24.3 Å². The Hall–Kier alpha value is -8.36. The van der Waals surface area contributed by atoms with Gasteiger partial charge in [0.25, 0.3) is 0 Å². The molecule has 25 nitrogen and oxygen atoms in total. The summed E-state index contributed by atoms with van der Waals surface area (Å²) in [6.07, 6.45) is 22.9. The zero-order chi connectivity index (χ0) is 81.9. The lowest BCUT2D eigenvalue weighted by Gasteiger charge is -2.27. The average Bonchev–Trinajstić information content (AvgIpc) is 1.59. The molecule has 8 aromatic rings. The Bertz CT molecular complexity index is 6300. The summed E-state index contributed by atoms with van der Waals surface area (Å²) in [4.78, 5) is 3.44. The molecule has 0 saturated heterocycles. The zero-order valence-corrected chi connectivity index (χ0v) is 68.3.